The van der Waals surface area contributed by atoms with Crippen LogP contribution in [0.1, 0.15) is 49.5 Å². The first-order chi connectivity index (χ1) is 9.13. The topological polar surface area (TPSA) is 87.0 Å². The van der Waals surface area contributed by atoms with Crippen LogP contribution in [0.2, 0.25) is 0 Å². The molecule has 0 aromatic heterocycles. The van der Waals surface area contributed by atoms with E-state index in [0.29, 0.717) is 18.4 Å². The lowest BCUT2D eigenvalue weighted by atomic mass is 9.90. The SMILES string of the molecule is CC1(c2ccc(C(=O)O)cc2O)CCC(C(C)(C)O)O1. The molecule has 1 fully saturated rings. The number of carboxylic acids is 1. The van der Waals surface area contributed by atoms with E-state index in [2.05, 4.69) is 0 Å². The fraction of sp³-hybridized carbons (Fsp3) is 0.533. The molecule has 3 N–H and O–H groups in total. The van der Waals surface area contributed by atoms with Crippen LogP contribution in [0.5, 0.6) is 5.75 Å². The average molecular weight is 280 g/mol. The molecule has 0 spiro atoms. The van der Waals surface area contributed by atoms with Crippen LogP contribution in [0.15, 0.2) is 18.2 Å². The van der Waals surface area contributed by atoms with Crippen LogP contribution in [0, 0.1) is 0 Å². The zero-order valence-corrected chi connectivity index (χ0v) is 11.9. The van der Waals surface area contributed by atoms with Crippen molar-refractivity contribution >= 4 is 5.97 Å². The molecular formula is C15H20O5. The Hall–Kier alpha value is -1.59. The van der Waals surface area contributed by atoms with Crippen molar-refractivity contribution in [1.29, 1.82) is 0 Å². The second-order valence-electron chi connectivity index (χ2n) is 6.07. The molecule has 2 unspecified atom stereocenters. The summed E-state index contributed by atoms with van der Waals surface area (Å²) in [6.45, 7) is 5.22. The Morgan fingerprint density at radius 3 is 2.55 bits per heavy atom. The number of hydrogen-bond acceptors (Lipinski definition) is 4. The molecule has 1 heterocycles. The van der Waals surface area contributed by atoms with Gasteiger partial charge in [0.25, 0.3) is 0 Å². The molecule has 1 aromatic rings. The number of carbonyl (C=O) groups is 1. The number of benzene rings is 1. The van der Waals surface area contributed by atoms with Crippen molar-refractivity contribution in [3.63, 3.8) is 0 Å². The highest BCUT2D eigenvalue weighted by molar-refractivity contribution is 5.88. The third kappa shape index (κ3) is 2.64. The molecule has 0 saturated carbocycles. The van der Waals surface area contributed by atoms with E-state index in [1.807, 2.05) is 6.92 Å². The second kappa shape index (κ2) is 4.75. The number of phenols is 1. The monoisotopic (exact) mass is 280 g/mol. The minimum absolute atomic E-state index is 0.0342. The summed E-state index contributed by atoms with van der Waals surface area (Å²) in [5.41, 5.74) is -1.08. The molecule has 0 aliphatic carbocycles. The Balaban J connectivity index is 2.30. The Labute approximate surface area is 117 Å². The Morgan fingerprint density at radius 1 is 1.45 bits per heavy atom. The van der Waals surface area contributed by atoms with Crippen molar-refractivity contribution in [1.82, 2.24) is 0 Å². The Kier molecular flexibility index (Phi) is 3.52. The largest absolute Gasteiger partial charge is 0.508 e. The van der Waals surface area contributed by atoms with Gasteiger partial charge in [0, 0.05) is 5.56 Å². The highest BCUT2D eigenvalue weighted by Crippen LogP contribution is 2.45. The highest BCUT2D eigenvalue weighted by atomic mass is 16.5. The standard InChI is InChI=1S/C15H20O5/c1-14(2,19)12-6-7-15(3,20-12)10-5-4-9(13(17)18)8-11(10)16/h4-5,8,12,16,19H,6-7H2,1-3H3,(H,17,18). The maximum Gasteiger partial charge on any atom is 0.335 e. The number of aromatic hydroxyl groups is 1. The van der Waals surface area contributed by atoms with Crippen molar-refractivity contribution in [2.24, 2.45) is 0 Å². The summed E-state index contributed by atoms with van der Waals surface area (Å²) in [5.74, 6) is -1.18. The van der Waals surface area contributed by atoms with E-state index in [4.69, 9.17) is 9.84 Å². The Morgan fingerprint density at radius 2 is 2.10 bits per heavy atom. The van der Waals surface area contributed by atoms with Crippen molar-refractivity contribution in [3.05, 3.63) is 29.3 Å². The van der Waals surface area contributed by atoms with Crippen LogP contribution >= 0.6 is 0 Å². The van der Waals surface area contributed by atoms with Gasteiger partial charge in [0.2, 0.25) is 0 Å². The summed E-state index contributed by atoms with van der Waals surface area (Å²) in [4.78, 5) is 10.9. The van der Waals surface area contributed by atoms with E-state index in [-0.39, 0.29) is 17.4 Å². The molecule has 5 nitrogen and oxygen atoms in total. The van der Waals surface area contributed by atoms with E-state index >= 15 is 0 Å². The number of hydrogen-bond donors (Lipinski definition) is 3. The van der Waals surface area contributed by atoms with E-state index in [1.165, 1.54) is 12.1 Å². The zero-order valence-electron chi connectivity index (χ0n) is 11.9. The molecule has 2 atom stereocenters. The molecule has 1 saturated heterocycles. The summed E-state index contributed by atoms with van der Waals surface area (Å²) in [5, 5.41) is 29.0. The number of aliphatic hydroxyl groups is 1. The highest BCUT2D eigenvalue weighted by Gasteiger charge is 2.44. The summed E-state index contributed by atoms with van der Waals surface area (Å²) in [6.07, 6.45) is 1.02. The van der Waals surface area contributed by atoms with Crippen LogP contribution in [0.25, 0.3) is 0 Å². The molecule has 0 amide bonds. The van der Waals surface area contributed by atoms with Gasteiger partial charge >= 0.3 is 5.97 Å². The van der Waals surface area contributed by atoms with Crippen molar-refractivity contribution in [2.45, 2.75) is 50.9 Å². The fourth-order valence-electron chi connectivity index (χ4n) is 2.65. The van der Waals surface area contributed by atoms with Crippen LogP contribution in [0.4, 0.5) is 0 Å². The average Bonchev–Trinajstić information content (AvgIpc) is 2.72. The third-order valence-corrected chi connectivity index (χ3v) is 3.89. The first-order valence-corrected chi connectivity index (χ1v) is 6.60. The van der Waals surface area contributed by atoms with Gasteiger partial charge in [-0.3, -0.25) is 0 Å². The van der Waals surface area contributed by atoms with Gasteiger partial charge in [0.1, 0.15) is 5.75 Å². The smallest absolute Gasteiger partial charge is 0.335 e. The van der Waals surface area contributed by atoms with Gasteiger partial charge in [-0.15, -0.1) is 0 Å². The van der Waals surface area contributed by atoms with Gasteiger partial charge in [0.05, 0.1) is 22.9 Å². The summed E-state index contributed by atoms with van der Waals surface area (Å²) in [7, 11) is 0. The molecule has 110 valence electrons. The molecule has 2 rings (SSSR count). The van der Waals surface area contributed by atoms with E-state index in [0.717, 1.165) is 0 Å². The molecule has 20 heavy (non-hydrogen) atoms. The predicted molar refractivity (Wildman–Crippen MR) is 72.8 cm³/mol. The lowest BCUT2D eigenvalue weighted by Gasteiger charge is -2.30. The Bertz CT molecular complexity index is 532. The lowest BCUT2D eigenvalue weighted by Crippen LogP contribution is -2.37. The van der Waals surface area contributed by atoms with Crippen LogP contribution < -0.4 is 0 Å². The predicted octanol–water partition coefficient (Wildman–Crippen LogP) is 2.26. The van der Waals surface area contributed by atoms with E-state index in [9.17, 15) is 15.0 Å². The maximum absolute atomic E-state index is 10.9. The number of aromatic carboxylic acids is 1. The minimum atomic E-state index is -1.08. The van der Waals surface area contributed by atoms with Crippen LogP contribution in [-0.2, 0) is 10.3 Å². The van der Waals surface area contributed by atoms with Crippen molar-refractivity contribution in [3.8, 4) is 5.75 Å². The molecule has 1 aromatic carbocycles. The van der Waals surface area contributed by atoms with Gasteiger partial charge in [-0.05, 0) is 45.7 Å². The molecule has 1 aliphatic rings. The van der Waals surface area contributed by atoms with Crippen molar-refractivity contribution in [2.75, 3.05) is 0 Å². The van der Waals surface area contributed by atoms with Crippen LogP contribution in [0.3, 0.4) is 0 Å². The molecule has 5 heteroatoms. The zero-order chi connectivity index (χ0) is 15.1. The van der Waals surface area contributed by atoms with E-state index in [1.54, 1.807) is 19.9 Å². The van der Waals surface area contributed by atoms with Gasteiger partial charge in [-0.25, -0.2) is 4.79 Å². The number of rotatable bonds is 3. The lowest BCUT2D eigenvalue weighted by molar-refractivity contribution is -0.119. The summed E-state index contributed by atoms with van der Waals surface area (Å²) in [6, 6.07) is 4.25. The molecule has 0 radical (unpaired) electrons. The third-order valence-electron chi connectivity index (χ3n) is 3.89. The molecule has 1 aliphatic heterocycles. The molecule has 0 bridgehead atoms. The summed E-state index contributed by atoms with van der Waals surface area (Å²) >= 11 is 0. The summed E-state index contributed by atoms with van der Waals surface area (Å²) < 4.78 is 5.92. The number of carboxylic acid groups (broad SMARTS) is 1. The fourth-order valence-corrected chi connectivity index (χ4v) is 2.65. The van der Waals surface area contributed by atoms with Gasteiger partial charge in [0.15, 0.2) is 0 Å². The first-order valence-electron chi connectivity index (χ1n) is 6.60. The maximum atomic E-state index is 10.9. The normalized spacial score (nSPS) is 26.7. The van der Waals surface area contributed by atoms with Gasteiger partial charge in [-0.2, -0.15) is 0 Å². The van der Waals surface area contributed by atoms with E-state index < -0.39 is 17.2 Å². The van der Waals surface area contributed by atoms with Gasteiger partial charge in [-0.1, -0.05) is 6.07 Å². The number of ether oxygens (including phenoxy) is 1. The second-order valence-corrected chi connectivity index (χ2v) is 6.07. The van der Waals surface area contributed by atoms with Crippen molar-refractivity contribution < 1.29 is 24.9 Å². The minimum Gasteiger partial charge on any atom is -0.508 e. The molecular weight excluding hydrogens is 260 g/mol. The van der Waals surface area contributed by atoms with Crippen LogP contribution in [-0.4, -0.2) is 33.0 Å². The quantitative estimate of drug-likeness (QED) is 0.790. The van der Waals surface area contributed by atoms with Gasteiger partial charge < -0.3 is 20.1 Å². The first kappa shape index (κ1) is 14.8. The number of phenolic OH excluding ortho intramolecular Hbond substituents is 1.